The van der Waals surface area contributed by atoms with Gasteiger partial charge in [-0.15, -0.1) is 11.8 Å². The Hall–Kier alpha value is -1.54. The number of thioether (sulfide) groups is 1. The van der Waals surface area contributed by atoms with E-state index in [1.54, 1.807) is 6.07 Å². The molecule has 4 nitrogen and oxygen atoms in total. The van der Waals surface area contributed by atoms with Gasteiger partial charge >= 0.3 is 0 Å². The van der Waals surface area contributed by atoms with Gasteiger partial charge < -0.3 is 10.6 Å². The van der Waals surface area contributed by atoms with Crippen LogP contribution in [0, 0.1) is 10.5 Å². The standard InChI is InChI=1S/C19H21IN2O2S/c1-12(2)21-18(23)11-25-17-7-5-4-6-15(17)19(24)22-16-9-8-14(20)10-13(16)3/h4-10,12H,11H2,1-3H3,(H,21,23)(H,22,24). The van der Waals surface area contributed by atoms with Gasteiger partial charge in [-0.1, -0.05) is 12.1 Å². The van der Waals surface area contributed by atoms with Gasteiger partial charge in [0.2, 0.25) is 5.91 Å². The van der Waals surface area contributed by atoms with Crippen LogP contribution in [0.1, 0.15) is 29.8 Å². The van der Waals surface area contributed by atoms with E-state index in [0.717, 1.165) is 19.7 Å². The molecule has 0 aliphatic heterocycles. The van der Waals surface area contributed by atoms with Crippen molar-refractivity contribution in [3.63, 3.8) is 0 Å². The zero-order valence-corrected chi connectivity index (χ0v) is 17.4. The van der Waals surface area contributed by atoms with Crippen molar-refractivity contribution in [2.75, 3.05) is 11.1 Å². The summed E-state index contributed by atoms with van der Waals surface area (Å²) in [5, 5.41) is 5.81. The Labute approximate surface area is 166 Å². The molecule has 2 aromatic rings. The topological polar surface area (TPSA) is 58.2 Å². The van der Waals surface area contributed by atoms with Gasteiger partial charge in [-0.2, -0.15) is 0 Å². The minimum atomic E-state index is -0.170. The number of carbonyl (C=O) groups is 2. The molecule has 6 heteroatoms. The molecule has 0 atom stereocenters. The quantitative estimate of drug-likeness (QED) is 0.486. The molecule has 132 valence electrons. The Morgan fingerprint density at radius 3 is 2.56 bits per heavy atom. The summed E-state index contributed by atoms with van der Waals surface area (Å²) in [5.74, 6) is 0.0748. The lowest BCUT2D eigenvalue weighted by atomic mass is 10.1. The summed E-state index contributed by atoms with van der Waals surface area (Å²) in [5.41, 5.74) is 2.38. The first kappa shape index (κ1) is 19.8. The smallest absolute Gasteiger partial charge is 0.256 e. The second-order valence-corrected chi connectivity index (χ2v) is 8.18. The molecule has 25 heavy (non-hydrogen) atoms. The third-order valence-corrected chi connectivity index (χ3v) is 5.12. The highest BCUT2D eigenvalue weighted by Gasteiger charge is 2.14. The number of rotatable bonds is 6. The SMILES string of the molecule is Cc1cc(I)ccc1NC(=O)c1ccccc1SCC(=O)NC(C)C. The first-order valence-electron chi connectivity index (χ1n) is 7.95. The van der Waals surface area contributed by atoms with Crippen LogP contribution in [0.5, 0.6) is 0 Å². The van der Waals surface area contributed by atoms with Crippen LogP contribution in [-0.4, -0.2) is 23.6 Å². The molecule has 0 bridgehead atoms. The largest absolute Gasteiger partial charge is 0.353 e. The third kappa shape index (κ3) is 6.04. The zero-order valence-electron chi connectivity index (χ0n) is 14.4. The number of hydrogen-bond donors (Lipinski definition) is 2. The first-order chi connectivity index (χ1) is 11.9. The number of halogens is 1. The van der Waals surface area contributed by atoms with Crippen molar-refractivity contribution in [2.45, 2.75) is 31.7 Å². The van der Waals surface area contributed by atoms with Gasteiger partial charge in [0.15, 0.2) is 0 Å². The van der Waals surface area contributed by atoms with Crippen LogP contribution in [0.4, 0.5) is 5.69 Å². The Morgan fingerprint density at radius 2 is 1.88 bits per heavy atom. The molecule has 2 N–H and O–H groups in total. The van der Waals surface area contributed by atoms with Crippen LogP contribution < -0.4 is 10.6 Å². The van der Waals surface area contributed by atoms with Gasteiger partial charge in [0.1, 0.15) is 0 Å². The van der Waals surface area contributed by atoms with E-state index >= 15 is 0 Å². The minimum Gasteiger partial charge on any atom is -0.353 e. The highest BCUT2D eigenvalue weighted by atomic mass is 127. The second kappa shape index (κ2) is 9.24. The molecule has 0 saturated carbocycles. The Balaban J connectivity index is 2.10. The molecule has 2 amide bonds. The molecular formula is C19H21IN2O2S. The molecule has 0 aliphatic carbocycles. The predicted molar refractivity (Wildman–Crippen MR) is 112 cm³/mol. The van der Waals surface area contributed by atoms with Gasteiger partial charge in [0.05, 0.1) is 11.3 Å². The average Bonchev–Trinajstić information content (AvgIpc) is 2.55. The number of hydrogen-bond acceptors (Lipinski definition) is 3. The number of benzene rings is 2. The lowest BCUT2D eigenvalue weighted by Crippen LogP contribution is -2.31. The van der Waals surface area contributed by atoms with Crippen LogP contribution in [0.3, 0.4) is 0 Å². The van der Waals surface area contributed by atoms with Crippen molar-refractivity contribution in [3.8, 4) is 0 Å². The monoisotopic (exact) mass is 468 g/mol. The van der Waals surface area contributed by atoms with Crippen LogP contribution in [-0.2, 0) is 4.79 Å². The molecule has 0 aromatic heterocycles. The van der Waals surface area contributed by atoms with Crippen LogP contribution in [0.15, 0.2) is 47.4 Å². The Kier molecular flexibility index (Phi) is 7.31. The zero-order chi connectivity index (χ0) is 18.4. The van der Waals surface area contributed by atoms with E-state index in [2.05, 4.69) is 33.2 Å². The molecular weight excluding hydrogens is 447 g/mol. The summed E-state index contributed by atoms with van der Waals surface area (Å²) >= 11 is 3.61. The van der Waals surface area contributed by atoms with Crippen molar-refractivity contribution in [2.24, 2.45) is 0 Å². The van der Waals surface area contributed by atoms with Crippen molar-refractivity contribution in [3.05, 3.63) is 57.2 Å². The van der Waals surface area contributed by atoms with E-state index in [1.807, 2.05) is 57.2 Å². The van der Waals surface area contributed by atoms with Crippen molar-refractivity contribution >= 4 is 51.9 Å². The average molecular weight is 468 g/mol. The van der Waals surface area contributed by atoms with E-state index in [1.165, 1.54) is 11.8 Å². The molecule has 0 saturated heterocycles. The molecule has 2 aromatic carbocycles. The summed E-state index contributed by atoms with van der Waals surface area (Å²) in [6.45, 7) is 5.81. The van der Waals surface area contributed by atoms with E-state index in [-0.39, 0.29) is 23.6 Å². The first-order valence-corrected chi connectivity index (χ1v) is 10.0. The fraction of sp³-hybridized carbons (Fsp3) is 0.263. The van der Waals surface area contributed by atoms with Gasteiger partial charge in [0.25, 0.3) is 5.91 Å². The maximum absolute atomic E-state index is 12.7. The van der Waals surface area contributed by atoms with Crippen LogP contribution >= 0.6 is 34.4 Å². The summed E-state index contributed by atoms with van der Waals surface area (Å²) in [6, 6.07) is 13.3. The van der Waals surface area contributed by atoms with E-state index in [4.69, 9.17) is 0 Å². The molecule has 0 unspecified atom stereocenters. The van der Waals surface area contributed by atoms with Crippen molar-refractivity contribution in [1.29, 1.82) is 0 Å². The van der Waals surface area contributed by atoms with E-state index in [0.29, 0.717) is 5.56 Å². The number of carbonyl (C=O) groups excluding carboxylic acids is 2. The summed E-state index contributed by atoms with van der Waals surface area (Å²) < 4.78 is 1.13. The van der Waals surface area contributed by atoms with E-state index in [9.17, 15) is 9.59 Å². The fourth-order valence-corrected chi connectivity index (χ4v) is 3.75. The molecule has 2 rings (SSSR count). The third-order valence-electron chi connectivity index (χ3n) is 3.38. The summed E-state index contributed by atoms with van der Waals surface area (Å²) in [7, 11) is 0. The minimum absolute atomic E-state index is 0.0382. The maximum atomic E-state index is 12.7. The number of aryl methyl sites for hydroxylation is 1. The Morgan fingerprint density at radius 1 is 1.16 bits per heavy atom. The normalized spacial score (nSPS) is 10.6. The molecule has 0 radical (unpaired) electrons. The number of anilines is 1. The van der Waals surface area contributed by atoms with Gasteiger partial charge in [-0.3, -0.25) is 9.59 Å². The predicted octanol–water partition coefficient (Wildman–Crippen LogP) is 4.47. The van der Waals surface area contributed by atoms with Crippen molar-refractivity contribution in [1.82, 2.24) is 5.32 Å². The van der Waals surface area contributed by atoms with Gasteiger partial charge in [0, 0.05) is 20.2 Å². The molecule has 0 fully saturated rings. The molecule has 0 spiro atoms. The number of nitrogens with one attached hydrogen (secondary N) is 2. The highest BCUT2D eigenvalue weighted by Crippen LogP contribution is 2.24. The molecule has 0 aliphatic rings. The lowest BCUT2D eigenvalue weighted by Gasteiger charge is -2.12. The second-order valence-electron chi connectivity index (χ2n) is 5.92. The van der Waals surface area contributed by atoms with Crippen LogP contribution in [0.2, 0.25) is 0 Å². The van der Waals surface area contributed by atoms with Gasteiger partial charge in [-0.25, -0.2) is 0 Å². The Bertz CT molecular complexity index is 778. The summed E-state index contributed by atoms with van der Waals surface area (Å²) in [4.78, 5) is 25.3. The highest BCUT2D eigenvalue weighted by molar-refractivity contribution is 14.1. The van der Waals surface area contributed by atoms with Crippen LogP contribution in [0.25, 0.3) is 0 Å². The lowest BCUT2D eigenvalue weighted by molar-refractivity contribution is -0.119. The molecule has 0 heterocycles. The number of amides is 2. The summed E-state index contributed by atoms with van der Waals surface area (Å²) in [6.07, 6.45) is 0. The van der Waals surface area contributed by atoms with Crippen molar-refractivity contribution < 1.29 is 9.59 Å². The maximum Gasteiger partial charge on any atom is 0.256 e. The fourth-order valence-electron chi connectivity index (χ4n) is 2.24. The van der Waals surface area contributed by atoms with E-state index < -0.39 is 0 Å². The van der Waals surface area contributed by atoms with Gasteiger partial charge in [-0.05, 0) is 79.3 Å².